The van der Waals surface area contributed by atoms with Crippen LogP contribution in [0.1, 0.15) is 85.2 Å². The lowest BCUT2D eigenvalue weighted by Crippen LogP contribution is -2.55. The summed E-state index contributed by atoms with van der Waals surface area (Å²) in [5, 5.41) is 36.9. The second-order valence-electron chi connectivity index (χ2n) is 13.0. The largest absolute Gasteiger partial charge is 0.481 e. The van der Waals surface area contributed by atoms with Crippen LogP contribution in [-0.4, -0.2) is 81.8 Å². The van der Waals surface area contributed by atoms with Crippen molar-refractivity contribution in [3.63, 3.8) is 0 Å². The van der Waals surface area contributed by atoms with Gasteiger partial charge in [-0.05, 0) is 93.3 Å². The maximum Gasteiger partial charge on any atom is 0.309 e. The van der Waals surface area contributed by atoms with Gasteiger partial charge in [0.1, 0.15) is 11.6 Å². The zero-order valence-electron chi connectivity index (χ0n) is 27.7. The molecule has 2 aromatic rings. The van der Waals surface area contributed by atoms with Gasteiger partial charge in [-0.15, -0.1) is 0 Å². The van der Waals surface area contributed by atoms with Gasteiger partial charge < -0.3 is 30.9 Å². The highest BCUT2D eigenvalue weighted by Crippen LogP contribution is 2.44. The molecule has 0 spiro atoms. The molecule has 3 rings (SSSR count). The number of hydrogen-bond donors (Lipinski definition) is 5. The smallest absolute Gasteiger partial charge is 0.309 e. The standard InChI is InChI=1S/C35H47F2N3O7/c1-6-8-40(9-7-2)32(43)24-11-20(3)10-23(15-24)31(42)39-29(14-22-12-25(36)16-26(37)13-22)30(41)19-38-27-17-28(33(44)45)21(4)35(5,18-27)34(46)47/h10-13,15-16,21,27-30,38,41H,6-9,14,17-19H2,1-5H3,(H,39,42)(H,44,45)(H,46,47)/t21?,27?,28-,29-,30+,35+/m0/s1. The summed E-state index contributed by atoms with van der Waals surface area (Å²) < 4.78 is 28.1. The fourth-order valence-electron chi connectivity index (χ4n) is 6.51. The van der Waals surface area contributed by atoms with Crippen molar-refractivity contribution in [3.8, 4) is 0 Å². The van der Waals surface area contributed by atoms with Crippen molar-refractivity contribution >= 4 is 23.8 Å². The minimum absolute atomic E-state index is 0.110. The Bertz CT molecular complexity index is 1430. The number of carboxylic acid groups (broad SMARTS) is 2. The van der Waals surface area contributed by atoms with E-state index in [0.717, 1.165) is 25.0 Å². The van der Waals surface area contributed by atoms with E-state index in [1.54, 1.807) is 30.9 Å². The number of aliphatic carboxylic acids is 2. The second-order valence-corrected chi connectivity index (χ2v) is 13.0. The molecule has 1 aliphatic carbocycles. The topological polar surface area (TPSA) is 156 Å². The third kappa shape index (κ3) is 9.57. The zero-order chi connectivity index (χ0) is 35.1. The van der Waals surface area contributed by atoms with E-state index in [4.69, 9.17) is 0 Å². The number of halogens is 2. The van der Waals surface area contributed by atoms with Gasteiger partial charge in [0.15, 0.2) is 0 Å². The summed E-state index contributed by atoms with van der Waals surface area (Å²) in [6, 6.07) is 6.03. The first-order valence-corrected chi connectivity index (χ1v) is 16.1. The third-order valence-electron chi connectivity index (χ3n) is 9.26. The summed E-state index contributed by atoms with van der Waals surface area (Å²) in [6.45, 7) is 9.76. The third-order valence-corrected chi connectivity index (χ3v) is 9.26. The van der Waals surface area contributed by atoms with Crippen LogP contribution in [0.25, 0.3) is 0 Å². The van der Waals surface area contributed by atoms with Crippen molar-refractivity contribution in [2.75, 3.05) is 19.6 Å². The summed E-state index contributed by atoms with van der Waals surface area (Å²) >= 11 is 0. The number of benzene rings is 2. The van der Waals surface area contributed by atoms with E-state index >= 15 is 0 Å². The van der Waals surface area contributed by atoms with E-state index in [9.17, 15) is 43.3 Å². The first-order valence-electron chi connectivity index (χ1n) is 16.1. The molecule has 1 fully saturated rings. The van der Waals surface area contributed by atoms with Gasteiger partial charge in [-0.2, -0.15) is 0 Å². The minimum Gasteiger partial charge on any atom is -0.481 e. The van der Waals surface area contributed by atoms with Gasteiger partial charge in [-0.25, -0.2) is 8.78 Å². The van der Waals surface area contributed by atoms with Crippen molar-refractivity contribution < 1.29 is 43.3 Å². The van der Waals surface area contributed by atoms with E-state index < -0.39 is 64.9 Å². The first kappa shape index (κ1) is 37.6. The Morgan fingerprint density at radius 1 is 0.979 bits per heavy atom. The van der Waals surface area contributed by atoms with Gasteiger partial charge in [-0.1, -0.05) is 20.8 Å². The molecule has 258 valence electrons. The average Bonchev–Trinajstić information content (AvgIpc) is 2.99. The van der Waals surface area contributed by atoms with Crippen molar-refractivity contribution in [2.24, 2.45) is 17.3 Å². The number of aliphatic hydroxyl groups excluding tert-OH is 1. The number of nitrogens with zero attached hydrogens (tertiary/aromatic N) is 1. The number of rotatable bonds is 15. The molecule has 12 heteroatoms. The molecule has 1 aliphatic rings. The van der Waals surface area contributed by atoms with Gasteiger partial charge >= 0.3 is 11.9 Å². The lowest BCUT2D eigenvalue weighted by atomic mass is 9.61. The Morgan fingerprint density at radius 2 is 1.57 bits per heavy atom. The summed E-state index contributed by atoms with van der Waals surface area (Å²) in [5.41, 5.74) is 0.0167. The second kappa shape index (κ2) is 16.3. The molecule has 0 saturated heterocycles. The van der Waals surface area contributed by atoms with Gasteiger partial charge in [0, 0.05) is 42.9 Å². The SMILES string of the molecule is CCCN(CCC)C(=O)c1cc(C)cc(C(=O)N[C@@H](Cc2cc(F)cc(F)c2)[C@H](O)CNC2C[C@H](C(=O)O)C(C)[C@](C)(C(=O)O)C2)c1. The molecule has 10 nitrogen and oxygen atoms in total. The Kier molecular flexibility index (Phi) is 13.0. The van der Waals surface area contributed by atoms with Crippen LogP contribution in [-0.2, 0) is 16.0 Å². The first-order chi connectivity index (χ1) is 22.1. The number of hydrogen-bond acceptors (Lipinski definition) is 6. The molecule has 5 N–H and O–H groups in total. The Labute approximate surface area is 274 Å². The maximum absolute atomic E-state index is 14.1. The van der Waals surface area contributed by atoms with E-state index in [-0.39, 0.29) is 42.8 Å². The number of carbonyl (C=O) groups is 4. The van der Waals surface area contributed by atoms with Crippen molar-refractivity contribution in [1.29, 1.82) is 0 Å². The van der Waals surface area contributed by atoms with Crippen LogP contribution in [0, 0.1) is 35.8 Å². The number of carboxylic acids is 2. The Balaban J connectivity index is 1.86. The maximum atomic E-state index is 14.1. The van der Waals surface area contributed by atoms with Crippen molar-refractivity contribution in [1.82, 2.24) is 15.5 Å². The van der Waals surface area contributed by atoms with Crippen LogP contribution >= 0.6 is 0 Å². The van der Waals surface area contributed by atoms with Crippen LogP contribution in [0.3, 0.4) is 0 Å². The van der Waals surface area contributed by atoms with E-state index in [0.29, 0.717) is 30.3 Å². The molecule has 0 radical (unpaired) electrons. The van der Waals surface area contributed by atoms with Crippen molar-refractivity contribution in [3.05, 3.63) is 70.3 Å². The van der Waals surface area contributed by atoms with Crippen molar-refractivity contribution in [2.45, 2.75) is 84.9 Å². The van der Waals surface area contributed by atoms with Gasteiger partial charge in [0.05, 0.1) is 23.5 Å². The summed E-state index contributed by atoms with van der Waals surface area (Å²) in [5.74, 6) is -6.29. The van der Waals surface area contributed by atoms with E-state index in [1.807, 2.05) is 13.8 Å². The quantitative estimate of drug-likeness (QED) is 0.188. The Morgan fingerprint density at radius 3 is 2.13 bits per heavy atom. The fourth-order valence-corrected chi connectivity index (χ4v) is 6.51. The van der Waals surface area contributed by atoms with Crippen LogP contribution < -0.4 is 10.6 Å². The van der Waals surface area contributed by atoms with E-state index in [1.165, 1.54) is 13.0 Å². The number of carbonyl (C=O) groups excluding carboxylic acids is 2. The number of aliphatic hydroxyl groups is 1. The highest BCUT2D eigenvalue weighted by atomic mass is 19.1. The zero-order valence-corrected chi connectivity index (χ0v) is 27.7. The monoisotopic (exact) mass is 659 g/mol. The van der Waals surface area contributed by atoms with Crippen LogP contribution in [0.2, 0.25) is 0 Å². The molecule has 2 unspecified atom stereocenters. The molecule has 6 atom stereocenters. The molecule has 0 heterocycles. The molecule has 0 bridgehead atoms. The average molecular weight is 660 g/mol. The molecule has 0 aliphatic heterocycles. The summed E-state index contributed by atoms with van der Waals surface area (Å²) in [4.78, 5) is 52.8. The minimum atomic E-state index is -1.33. The molecule has 2 aromatic carbocycles. The fraction of sp³-hybridized carbons (Fsp3) is 0.543. The van der Waals surface area contributed by atoms with Gasteiger partial charge in [0.25, 0.3) is 11.8 Å². The molecular formula is C35H47F2N3O7. The lowest BCUT2D eigenvalue weighted by Gasteiger charge is -2.44. The molecular weight excluding hydrogens is 612 g/mol. The van der Waals surface area contributed by atoms with Gasteiger partial charge in [0.2, 0.25) is 0 Å². The molecule has 0 aromatic heterocycles. The molecule has 1 saturated carbocycles. The lowest BCUT2D eigenvalue weighted by molar-refractivity contribution is -0.161. The van der Waals surface area contributed by atoms with Gasteiger partial charge in [-0.3, -0.25) is 19.2 Å². The van der Waals surface area contributed by atoms with E-state index in [2.05, 4.69) is 10.6 Å². The Hall–Kier alpha value is -3.90. The number of aryl methyl sites for hydroxylation is 1. The van der Waals surface area contributed by atoms with Crippen LogP contribution in [0.4, 0.5) is 8.78 Å². The predicted molar refractivity (Wildman–Crippen MR) is 172 cm³/mol. The highest BCUT2D eigenvalue weighted by Gasteiger charge is 2.50. The predicted octanol–water partition coefficient (Wildman–Crippen LogP) is 4.42. The number of amides is 2. The number of nitrogens with one attached hydrogen (secondary N) is 2. The van der Waals surface area contributed by atoms with Crippen LogP contribution in [0.15, 0.2) is 36.4 Å². The molecule has 2 amide bonds. The highest BCUT2D eigenvalue weighted by molar-refractivity contribution is 6.00. The normalized spacial score (nSPS) is 22.3. The molecule has 47 heavy (non-hydrogen) atoms. The van der Waals surface area contributed by atoms with Crippen LogP contribution in [0.5, 0.6) is 0 Å². The summed E-state index contributed by atoms with van der Waals surface area (Å²) in [7, 11) is 0. The summed E-state index contributed by atoms with van der Waals surface area (Å²) in [6.07, 6.45) is 0.287.